The molecule has 1 aliphatic heterocycles. The number of halogens is 1. The van der Waals surface area contributed by atoms with Crippen LogP contribution in [0.5, 0.6) is 0 Å². The van der Waals surface area contributed by atoms with Gasteiger partial charge < -0.3 is 19.7 Å². The van der Waals surface area contributed by atoms with Crippen LogP contribution >= 0.6 is 15.9 Å². The van der Waals surface area contributed by atoms with Crippen LogP contribution in [0.2, 0.25) is 0 Å². The summed E-state index contributed by atoms with van der Waals surface area (Å²) >= 11 is 3.55. The van der Waals surface area contributed by atoms with E-state index < -0.39 is 0 Å². The minimum Gasteiger partial charge on any atom is -0.356 e. The molecule has 1 aromatic heterocycles. The van der Waals surface area contributed by atoms with Crippen molar-refractivity contribution >= 4 is 21.9 Å². The van der Waals surface area contributed by atoms with E-state index in [2.05, 4.69) is 97.3 Å². The van der Waals surface area contributed by atoms with Gasteiger partial charge in [-0.25, -0.2) is 0 Å². The van der Waals surface area contributed by atoms with Gasteiger partial charge in [-0.15, -0.1) is 0 Å². The summed E-state index contributed by atoms with van der Waals surface area (Å²) in [5.74, 6) is 1.64. The Morgan fingerprint density at radius 3 is 2.79 bits per heavy atom. The molecule has 0 bridgehead atoms. The summed E-state index contributed by atoms with van der Waals surface area (Å²) in [5, 5.41) is 3.58. The lowest BCUT2D eigenvalue weighted by atomic mass is 10.1. The number of hydrogen-bond donors (Lipinski definition) is 1. The SMILES string of the molecule is CN=C(NCC1CCN(CCc2ccccc2)C1)N(C)Cc1cc(Br)cn1C. The summed E-state index contributed by atoms with van der Waals surface area (Å²) < 4.78 is 3.26. The molecule has 6 heteroatoms. The first-order chi connectivity index (χ1) is 13.5. The molecule has 1 aromatic carbocycles. The van der Waals surface area contributed by atoms with E-state index in [1.165, 1.54) is 30.8 Å². The van der Waals surface area contributed by atoms with Gasteiger partial charge in [0.1, 0.15) is 0 Å². The highest BCUT2D eigenvalue weighted by Crippen LogP contribution is 2.17. The van der Waals surface area contributed by atoms with Gasteiger partial charge in [0.2, 0.25) is 0 Å². The molecular formula is C22H32BrN5. The van der Waals surface area contributed by atoms with Gasteiger partial charge in [-0.1, -0.05) is 30.3 Å². The largest absolute Gasteiger partial charge is 0.356 e. The number of benzene rings is 1. The fraction of sp³-hybridized carbons (Fsp3) is 0.500. The standard InChI is InChI=1S/C22H32BrN5/c1-24-22(27(3)17-21-13-20(23)16-26(21)2)25-14-19-10-12-28(15-19)11-9-18-7-5-4-6-8-18/h4-8,13,16,19H,9-12,14-15,17H2,1-3H3,(H,24,25). The number of hydrogen-bond acceptors (Lipinski definition) is 2. The fourth-order valence-electron chi connectivity index (χ4n) is 3.88. The predicted octanol–water partition coefficient (Wildman–Crippen LogP) is 3.36. The third-order valence-corrected chi connectivity index (χ3v) is 5.96. The van der Waals surface area contributed by atoms with Crippen molar-refractivity contribution in [3.05, 3.63) is 58.3 Å². The maximum absolute atomic E-state index is 4.47. The molecule has 28 heavy (non-hydrogen) atoms. The third-order valence-electron chi connectivity index (χ3n) is 5.53. The van der Waals surface area contributed by atoms with Crippen LogP contribution in [0, 0.1) is 5.92 Å². The number of nitrogens with one attached hydrogen (secondary N) is 1. The van der Waals surface area contributed by atoms with Gasteiger partial charge in [0.15, 0.2) is 5.96 Å². The molecule has 1 atom stereocenters. The number of aryl methyl sites for hydroxylation is 1. The van der Waals surface area contributed by atoms with Crippen molar-refractivity contribution in [2.24, 2.45) is 18.0 Å². The Morgan fingerprint density at radius 1 is 1.32 bits per heavy atom. The number of likely N-dealkylation sites (tertiary alicyclic amines) is 1. The molecule has 0 amide bonds. The quantitative estimate of drug-likeness (QED) is 0.524. The second kappa shape index (κ2) is 10.1. The lowest BCUT2D eigenvalue weighted by Crippen LogP contribution is -2.41. The molecule has 1 fully saturated rings. The Kier molecular flexibility index (Phi) is 7.57. The van der Waals surface area contributed by atoms with Gasteiger partial charge >= 0.3 is 0 Å². The average Bonchev–Trinajstić information content (AvgIpc) is 3.27. The maximum Gasteiger partial charge on any atom is 0.193 e. The van der Waals surface area contributed by atoms with Crippen LogP contribution in [0.4, 0.5) is 0 Å². The van der Waals surface area contributed by atoms with Crippen molar-refractivity contribution in [3.63, 3.8) is 0 Å². The maximum atomic E-state index is 4.47. The van der Waals surface area contributed by atoms with E-state index in [0.29, 0.717) is 5.92 Å². The number of aromatic nitrogens is 1. The molecule has 0 aliphatic carbocycles. The van der Waals surface area contributed by atoms with E-state index in [0.717, 1.165) is 36.5 Å². The molecule has 0 spiro atoms. The van der Waals surface area contributed by atoms with Crippen LogP contribution in [-0.2, 0) is 20.0 Å². The van der Waals surface area contributed by atoms with Crippen LogP contribution in [0.25, 0.3) is 0 Å². The van der Waals surface area contributed by atoms with Crippen molar-refractivity contribution < 1.29 is 0 Å². The number of rotatable bonds is 7. The normalized spacial score (nSPS) is 17.9. The minimum atomic E-state index is 0.685. The Balaban J connectivity index is 1.42. The van der Waals surface area contributed by atoms with Crippen LogP contribution in [0.3, 0.4) is 0 Å². The number of guanidine groups is 1. The Hall–Kier alpha value is -1.79. The van der Waals surface area contributed by atoms with Crippen LogP contribution in [0.1, 0.15) is 17.7 Å². The van der Waals surface area contributed by atoms with Gasteiger partial charge in [0, 0.05) is 57.1 Å². The molecular weight excluding hydrogens is 414 g/mol. The topological polar surface area (TPSA) is 35.8 Å². The van der Waals surface area contributed by atoms with Gasteiger partial charge in [0.05, 0.1) is 6.54 Å². The van der Waals surface area contributed by atoms with Crippen molar-refractivity contribution in [2.45, 2.75) is 19.4 Å². The zero-order valence-electron chi connectivity index (χ0n) is 17.2. The van der Waals surface area contributed by atoms with E-state index >= 15 is 0 Å². The molecule has 2 aromatic rings. The molecule has 1 aliphatic rings. The first kappa shape index (κ1) is 20.9. The highest BCUT2D eigenvalue weighted by Gasteiger charge is 2.22. The van der Waals surface area contributed by atoms with Crippen LogP contribution in [-0.4, -0.2) is 60.6 Å². The van der Waals surface area contributed by atoms with Gasteiger partial charge in [0.25, 0.3) is 0 Å². The highest BCUT2D eigenvalue weighted by atomic mass is 79.9. The zero-order valence-corrected chi connectivity index (χ0v) is 18.8. The van der Waals surface area contributed by atoms with Gasteiger partial charge in [-0.3, -0.25) is 4.99 Å². The first-order valence-electron chi connectivity index (χ1n) is 10.0. The molecule has 1 N–H and O–H groups in total. The molecule has 0 radical (unpaired) electrons. The molecule has 2 heterocycles. The Morgan fingerprint density at radius 2 is 2.11 bits per heavy atom. The van der Waals surface area contributed by atoms with E-state index in [1.54, 1.807) is 0 Å². The van der Waals surface area contributed by atoms with E-state index in [9.17, 15) is 0 Å². The first-order valence-corrected chi connectivity index (χ1v) is 10.8. The van der Waals surface area contributed by atoms with Crippen LogP contribution < -0.4 is 5.32 Å². The second-order valence-corrected chi connectivity index (χ2v) is 8.65. The Labute approximate surface area is 177 Å². The third kappa shape index (κ3) is 5.85. The molecule has 5 nitrogen and oxygen atoms in total. The molecule has 1 saturated heterocycles. The minimum absolute atomic E-state index is 0.685. The molecule has 3 rings (SSSR count). The molecule has 0 saturated carbocycles. The predicted molar refractivity (Wildman–Crippen MR) is 121 cm³/mol. The van der Waals surface area contributed by atoms with Crippen molar-refractivity contribution in [3.8, 4) is 0 Å². The summed E-state index contributed by atoms with van der Waals surface area (Å²) in [5.41, 5.74) is 2.68. The lowest BCUT2D eigenvalue weighted by Gasteiger charge is -2.24. The monoisotopic (exact) mass is 445 g/mol. The van der Waals surface area contributed by atoms with Crippen molar-refractivity contribution in [2.75, 3.05) is 40.3 Å². The highest BCUT2D eigenvalue weighted by molar-refractivity contribution is 9.10. The van der Waals surface area contributed by atoms with Crippen molar-refractivity contribution in [1.29, 1.82) is 0 Å². The van der Waals surface area contributed by atoms with E-state index in [1.807, 2.05) is 7.05 Å². The number of aliphatic imine (C=N–C) groups is 1. The van der Waals surface area contributed by atoms with Crippen LogP contribution in [0.15, 0.2) is 52.1 Å². The molecule has 1 unspecified atom stereocenters. The summed E-state index contributed by atoms with van der Waals surface area (Å²) in [7, 11) is 6.03. The van der Waals surface area contributed by atoms with E-state index in [-0.39, 0.29) is 0 Å². The molecule has 152 valence electrons. The smallest absolute Gasteiger partial charge is 0.193 e. The fourth-order valence-corrected chi connectivity index (χ4v) is 4.45. The number of nitrogens with zero attached hydrogens (tertiary/aromatic N) is 4. The lowest BCUT2D eigenvalue weighted by molar-refractivity contribution is 0.327. The van der Waals surface area contributed by atoms with Crippen molar-refractivity contribution in [1.82, 2.24) is 19.7 Å². The summed E-state index contributed by atoms with van der Waals surface area (Å²) in [4.78, 5) is 9.25. The summed E-state index contributed by atoms with van der Waals surface area (Å²) in [6.45, 7) is 5.33. The zero-order chi connectivity index (χ0) is 19.9. The summed E-state index contributed by atoms with van der Waals surface area (Å²) in [6.07, 6.45) is 4.48. The van der Waals surface area contributed by atoms with E-state index in [4.69, 9.17) is 0 Å². The summed E-state index contributed by atoms with van der Waals surface area (Å²) in [6, 6.07) is 12.9. The second-order valence-electron chi connectivity index (χ2n) is 7.74. The average molecular weight is 446 g/mol. The Bertz CT molecular complexity index is 770. The van der Waals surface area contributed by atoms with Gasteiger partial charge in [-0.2, -0.15) is 0 Å². The van der Waals surface area contributed by atoms with Gasteiger partial charge in [-0.05, 0) is 52.9 Å².